The molecule has 142 valence electrons. The number of pyridine rings is 1. The predicted molar refractivity (Wildman–Crippen MR) is 102 cm³/mol. The molecule has 2 aromatic heterocycles. The van der Waals surface area contributed by atoms with Gasteiger partial charge in [0.2, 0.25) is 5.43 Å². The zero-order valence-corrected chi connectivity index (χ0v) is 15.2. The van der Waals surface area contributed by atoms with Crippen LogP contribution in [0.25, 0.3) is 15.7 Å². The van der Waals surface area contributed by atoms with Crippen molar-refractivity contribution in [1.82, 2.24) is 9.30 Å². The minimum absolute atomic E-state index is 0.0588. The molecule has 1 aliphatic rings. The lowest BCUT2D eigenvalue weighted by molar-refractivity contribution is 0.0697. The van der Waals surface area contributed by atoms with E-state index in [0.717, 1.165) is 6.07 Å². The summed E-state index contributed by atoms with van der Waals surface area (Å²) >= 11 is 1.17. The highest BCUT2D eigenvalue weighted by Crippen LogP contribution is 2.28. The number of aromatic carboxylic acids is 1. The van der Waals surface area contributed by atoms with Crippen molar-refractivity contribution < 1.29 is 19.4 Å². The Labute approximate surface area is 157 Å². The van der Waals surface area contributed by atoms with Gasteiger partial charge in [-0.15, -0.1) is 11.3 Å². The zero-order valence-electron chi connectivity index (χ0n) is 14.4. The van der Waals surface area contributed by atoms with Crippen LogP contribution in [0.15, 0.2) is 28.5 Å². The van der Waals surface area contributed by atoms with E-state index in [1.54, 1.807) is 22.0 Å². The quantitative estimate of drug-likeness (QED) is 0.701. The van der Waals surface area contributed by atoms with Gasteiger partial charge in [-0.1, -0.05) is 0 Å². The summed E-state index contributed by atoms with van der Waals surface area (Å²) in [6.45, 7) is 3.33. The van der Waals surface area contributed by atoms with Crippen LogP contribution in [0, 0.1) is 5.82 Å². The first-order valence-electron chi connectivity index (χ1n) is 8.58. The van der Waals surface area contributed by atoms with E-state index in [9.17, 15) is 19.1 Å². The number of hydrogen-bond donors (Lipinski definition) is 2. The smallest absolute Gasteiger partial charge is 0.342 e. The lowest BCUT2D eigenvalue weighted by Crippen LogP contribution is -2.47. The number of piperazine rings is 1. The Bertz CT molecular complexity index is 1090. The van der Waals surface area contributed by atoms with Crippen LogP contribution >= 0.6 is 11.3 Å². The van der Waals surface area contributed by atoms with E-state index in [0.29, 0.717) is 48.8 Å². The van der Waals surface area contributed by atoms with E-state index in [4.69, 9.17) is 5.11 Å². The first kappa shape index (κ1) is 17.9. The number of aromatic nitrogens is 1. The monoisotopic (exact) mass is 391 g/mol. The molecule has 7 nitrogen and oxygen atoms in total. The number of nitrogens with zero attached hydrogens (tertiary/aromatic N) is 3. The third-order valence-corrected chi connectivity index (χ3v) is 5.84. The summed E-state index contributed by atoms with van der Waals surface area (Å²) in [5, 5.41) is 20.2. The van der Waals surface area contributed by atoms with E-state index >= 15 is 0 Å². The SMILES string of the molecule is O=C(O)c1c(=O)c2cc(F)c(N3CCN(CCO)CC3)cc2n2ccsc12. The maximum atomic E-state index is 14.8. The van der Waals surface area contributed by atoms with Gasteiger partial charge < -0.3 is 19.5 Å². The molecular formula is C18H18FN3O4S. The molecule has 27 heavy (non-hydrogen) atoms. The predicted octanol–water partition coefficient (Wildman–Crippen LogP) is 1.47. The summed E-state index contributed by atoms with van der Waals surface area (Å²) in [6, 6.07) is 2.77. The maximum absolute atomic E-state index is 14.8. The number of benzene rings is 1. The molecule has 1 aromatic carbocycles. The van der Waals surface area contributed by atoms with Crippen molar-refractivity contribution in [3.8, 4) is 0 Å². The Morgan fingerprint density at radius 2 is 1.96 bits per heavy atom. The molecule has 1 fully saturated rings. The molecular weight excluding hydrogens is 373 g/mol. The average Bonchev–Trinajstić information content (AvgIpc) is 3.12. The Morgan fingerprint density at radius 1 is 1.22 bits per heavy atom. The standard InChI is InChI=1S/C18H18FN3O4S/c19-12-9-11-13(10-14(12)21-3-1-20(2-4-21)5-7-23)22-6-8-27-17(22)15(16(11)24)18(25)26/h6,8-10,23H,1-5,7H2,(H,25,26). The number of halogens is 1. The topological polar surface area (TPSA) is 85.5 Å². The van der Waals surface area contributed by atoms with Crippen LogP contribution in [0.3, 0.4) is 0 Å². The Balaban J connectivity index is 1.84. The molecule has 0 radical (unpaired) electrons. The number of carbonyl (C=O) groups is 1. The summed E-state index contributed by atoms with van der Waals surface area (Å²) in [5.41, 5.74) is -0.107. The fourth-order valence-electron chi connectivity index (χ4n) is 3.60. The van der Waals surface area contributed by atoms with Gasteiger partial charge in [-0.05, 0) is 12.1 Å². The highest BCUT2D eigenvalue weighted by molar-refractivity contribution is 7.16. The molecule has 0 spiro atoms. The summed E-state index contributed by atoms with van der Waals surface area (Å²) in [4.78, 5) is 28.5. The number of β-amino-alcohol motifs (C(OH)–C–C–N with tert-alkyl or cyclic N) is 1. The van der Waals surface area contributed by atoms with Crippen LogP contribution in [0.5, 0.6) is 0 Å². The van der Waals surface area contributed by atoms with Gasteiger partial charge in [0.05, 0.1) is 23.2 Å². The van der Waals surface area contributed by atoms with Crippen molar-refractivity contribution in [1.29, 1.82) is 0 Å². The Hall–Kier alpha value is -2.49. The van der Waals surface area contributed by atoms with E-state index in [1.165, 1.54) is 11.3 Å². The van der Waals surface area contributed by atoms with Gasteiger partial charge >= 0.3 is 5.97 Å². The number of hydrogen-bond acceptors (Lipinski definition) is 6. The number of thiazole rings is 1. The van der Waals surface area contributed by atoms with Gasteiger partial charge in [0, 0.05) is 44.3 Å². The second-order valence-electron chi connectivity index (χ2n) is 6.46. The van der Waals surface area contributed by atoms with E-state index in [-0.39, 0.29) is 17.6 Å². The summed E-state index contributed by atoms with van der Waals surface area (Å²) < 4.78 is 16.4. The van der Waals surface area contributed by atoms with Crippen molar-refractivity contribution >= 4 is 38.7 Å². The van der Waals surface area contributed by atoms with Crippen molar-refractivity contribution in [3.63, 3.8) is 0 Å². The number of aliphatic hydroxyl groups is 1. The second-order valence-corrected chi connectivity index (χ2v) is 7.36. The third kappa shape index (κ3) is 2.97. The van der Waals surface area contributed by atoms with Gasteiger partial charge in [0.15, 0.2) is 0 Å². The fourth-order valence-corrected chi connectivity index (χ4v) is 4.48. The molecule has 9 heteroatoms. The molecule has 3 aromatic rings. The molecule has 0 unspecified atom stereocenters. The van der Waals surface area contributed by atoms with Gasteiger partial charge in [0.1, 0.15) is 16.2 Å². The number of aliphatic hydroxyl groups excluding tert-OH is 1. The molecule has 0 atom stereocenters. The van der Waals surface area contributed by atoms with Gasteiger partial charge in [-0.25, -0.2) is 9.18 Å². The van der Waals surface area contributed by atoms with E-state index in [1.807, 2.05) is 4.90 Å². The van der Waals surface area contributed by atoms with Crippen molar-refractivity contribution in [2.45, 2.75) is 0 Å². The zero-order chi connectivity index (χ0) is 19.1. The molecule has 1 aliphatic heterocycles. The average molecular weight is 391 g/mol. The van der Waals surface area contributed by atoms with Crippen LogP contribution in [-0.4, -0.2) is 64.8 Å². The first-order valence-corrected chi connectivity index (χ1v) is 9.45. The van der Waals surface area contributed by atoms with Crippen LogP contribution in [0.1, 0.15) is 10.4 Å². The van der Waals surface area contributed by atoms with E-state index in [2.05, 4.69) is 4.90 Å². The lowest BCUT2D eigenvalue weighted by atomic mass is 10.1. The molecule has 0 amide bonds. The molecule has 3 heterocycles. The van der Waals surface area contributed by atoms with Gasteiger partial charge in [-0.3, -0.25) is 9.69 Å². The largest absolute Gasteiger partial charge is 0.477 e. The van der Waals surface area contributed by atoms with Crippen LogP contribution in [0.2, 0.25) is 0 Å². The normalized spacial score (nSPS) is 15.7. The first-order chi connectivity index (χ1) is 13.0. The van der Waals surface area contributed by atoms with Gasteiger partial charge in [0.25, 0.3) is 0 Å². The Morgan fingerprint density at radius 3 is 2.63 bits per heavy atom. The molecule has 0 aliphatic carbocycles. The Kier molecular flexibility index (Phi) is 4.58. The number of carboxylic acid groups (broad SMARTS) is 1. The van der Waals surface area contributed by atoms with Crippen molar-refractivity contribution in [2.24, 2.45) is 0 Å². The minimum Gasteiger partial charge on any atom is -0.477 e. The summed E-state index contributed by atoms with van der Waals surface area (Å²) in [5.74, 6) is -1.85. The molecule has 2 N–H and O–H groups in total. The van der Waals surface area contributed by atoms with Crippen LogP contribution < -0.4 is 10.3 Å². The summed E-state index contributed by atoms with van der Waals surface area (Å²) in [7, 11) is 0. The highest BCUT2D eigenvalue weighted by atomic mass is 32.1. The van der Waals surface area contributed by atoms with E-state index < -0.39 is 17.2 Å². The molecule has 0 bridgehead atoms. The van der Waals surface area contributed by atoms with Gasteiger partial charge in [-0.2, -0.15) is 0 Å². The number of anilines is 1. The number of rotatable bonds is 4. The highest BCUT2D eigenvalue weighted by Gasteiger charge is 2.23. The minimum atomic E-state index is -1.31. The van der Waals surface area contributed by atoms with Crippen LogP contribution in [0.4, 0.5) is 10.1 Å². The maximum Gasteiger partial charge on any atom is 0.342 e. The molecule has 0 saturated carbocycles. The summed E-state index contributed by atoms with van der Waals surface area (Å²) in [6.07, 6.45) is 1.69. The van der Waals surface area contributed by atoms with Crippen molar-refractivity contribution in [2.75, 3.05) is 44.2 Å². The van der Waals surface area contributed by atoms with Crippen molar-refractivity contribution in [3.05, 3.63) is 45.3 Å². The number of carboxylic acids is 1. The lowest BCUT2D eigenvalue weighted by Gasteiger charge is -2.36. The second kappa shape index (κ2) is 6.91. The third-order valence-electron chi connectivity index (χ3n) is 4.96. The molecule has 1 saturated heterocycles. The van der Waals surface area contributed by atoms with Crippen LogP contribution in [-0.2, 0) is 0 Å². The molecule has 4 rings (SSSR count). The fraction of sp³-hybridized carbons (Fsp3) is 0.333. The number of fused-ring (bicyclic) bond motifs is 3.